The summed E-state index contributed by atoms with van der Waals surface area (Å²) in [6.07, 6.45) is 3.05. The number of hydrogen-bond donors (Lipinski definition) is 1. The topological polar surface area (TPSA) is 58.6 Å². The molecule has 2 amide bonds. The van der Waals surface area contributed by atoms with Gasteiger partial charge < -0.3 is 15.0 Å². The molecule has 0 bridgehead atoms. The maximum Gasteiger partial charge on any atom is 0.248 e. The Labute approximate surface area is 121 Å². The average molecular weight is 282 g/mol. The fourth-order valence-electron chi connectivity index (χ4n) is 3.23. The smallest absolute Gasteiger partial charge is 0.248 e. The van der Waals surface area contributed by atoms with Crippen LogP contribution in [0.2, 0.25) is 0 Å². The Kier molecular flexibility index (Phi) is 4.37. The lowest BCUT2D eigenvalue weighted by atomic mass is 9.88. The molecule has 0 aliphatic carbocycles. The van der Waals surface area contributed by atoms with E-state index in [0.717, 1.165) is 12.8 Å². The van der Waals surface area contributed by atoms with Crippen LogP contribution in [0.1, 0.15) is 53.4 Å². The van der Waals surface area contributed by atoms with Gasteiger partial charge in [-0.15, -0.1) is 0 Å². The van der Waals surface area contributed by atoms with Gasteiger partial charge in [-0.1, -0.05) is 13.8 Å². The number of nitrogens with zero attached hydrogens (tertiary/aromatic N) is 1. The Morgan fingerprint density at radius 1 is 1.40 bits per heavy atom. The van der Waals surface area contributed by atoms with Crippen molar-refractivity contribution in [3.05, 3.63) is 0 Å². The summed E-state index contributed by atoms with van der Waals surface area (Å²) in [5.74, 6) is 0.0427. The SMILES string of the molecule is CCC1C(=O)NC(C)(CC)C(=O)N1C1CCOC(C)C1. The Hall–Kier alpha value is -1.10. The first kappa shape index (κ1) is 15.3. The molecule has 2 aliphatic rings. The zero-order chi connectivity index (χ0) is 14.9. The summed E-state index contributed by atoms with van der Waals surface area (Å²) in [4.78, 5) is 27.1. The van der Waals surface area contributed by atoms with Crippen LogP contribution in [0, 0.1) is 0 Å². The van der Waals surface area contributed by atoms with E-state index in [1.165, 1.54) is 0 Å². The first-order chi connectivity index (χ1) is 9.42. The largest absolute Gasteiger partial charge is 0.378 e. The summed E-state index contributed by atoms with van der Waals surface area (Å²) in [6.45, 7) is 8.42. The van der Waals surface area contributed by atoms with E-state index in [0.29, 0.717) is 19.4 Å². The molecule has 0 spiro atoms. The Morgan fingerprint density at radius 2 is 2.10 bits per heavy atom. The molecule has 4 atom stereocenters. The van der Waals surface area contributed by atoms with Crippen molar-refractivity contribution in [2.75, 3.05) is 6.61 Å². The first-order valence-corrected chi connectivity index (χ1v) is 7.69. The fourth-order valence-corrected chi connectivity index (χ4v) is 3.23. The fraction of sp³-hybridized carbons (Fsp3) is 0.867. The number of rotatable bonds is 3. The lowest BCUT2D eigenvalue weighted by Gasteiger charge is -2.48. The third-order valence-electron chi connectivity index (χ3n) is 4.69. The molecule has 0 radical (unpaired) electrons. The van der Waals surface area contributed by atoms with E-state index in [4.69, 9.17) is 4.74 Å². The molecule has 0 saturated carbocycles. The lowest BCUT2D eigenvalue weighted by Crippen LogP contribution is -2.71. The normalized spacial score (nSPS) is 38.8. The maximum absolute atomic E-state index is 12.9. The average Bonchev–Trinajstić information content (AvgIpc) is 2.42. The lowest BCUT2D eigenvalue weighted by molar-refractivity contribution is -0.161. The number of amides is 2. The highest BCUT2D eigenvalue weighted by Gasteiger charge is 2.49. The molecule has 114 valence electrons. The van der Waals surface area contributed by atoms with E-state index in [1.54, 1.807) is 0 Å². The zero-order valence-electron chi connectivity index (χ0n) is 12.9. The van der Waals surface area contributed by atoms with Crippen molar-refractivity contribution in [2.45, 2.75) is 77.1 Å². The number of hydrogen-bond acceptors (Lipinski definition) is 3. The second-order valence-corrected chi connectivity index (χ2v) is 6.17. The van der Waals surface area contributed by atoms with E-state index in [2.05, 4.69) is 5.32 Å². The van der Waals surface area contributed by atoms with Crippen LogP contribution in [-0.4, -0.2) is 47.0 Å². The summed E-state index contributed by atoms with van der Waals surface area (Å²) in [7, 11) is 0. The Morgan fingerprint density at radius 3 is 2.65 bits per heavy atom. The molecular formula is C15H26N2O3. The van der Waals surface area contributed by atoms with Crippen LogP contribution in [0.15, 0.2) is 0 Å². The standard InChI is InChI=1S/C15H26N2O3/c1-5-12-13(18)16-15(4,6-2)14(19)17(12)11-7-8-20-10(3)9-11/h10-12H,5-9H2,1-4H3,(H,16,18). The summed E-state index contributed by atoms with van der Waals surface area (Å²) < 4.78 is 5.57. The number of carbonyl (C=O) groups is 2. The summed E-state index contributed by atoms with van der Waals surface area (Å²) in [6, 6.07) is -0.217. The van der Waals surface area contributed by atoms with Gasteiger partial charge in [0.25, 0.3) is 0 Å². The second kappa shape index (κ2) is 5.72. The molecule has 2 rings (SSSR count). The predicted molar refractivity (Wildman–Crippen MR) is 76.2 cm³/mol. The van der Waals surface area contributed by atoms with E-state index in [-0.39, 0.29) is 30.0 Å². The number of piperazine rings is 1. The molecule has 2 heterocycles. The summed E-state index contributed by atoms with van der Waals surface area (Å²) in [5, 5.41) is 2.91. The van der Waals surface area contributed by atoms with Gasteiger partial charge in [0, 0.05) is 12.6 Å². The molecule has 20 heavy (non-hydrogen) atoms. The number of nitrogens with one attached hydrogen (secondary N) is 1. The molecule has 0 aromatic heterocycles. The number of carbonyl (C=O) groups excluding carboxylic acids is 2. The third kappa shape index (κ3) is 2.55. The van der Waals surface area contributed by atoms with Gasteiger partial charge in [-0.2, -0.15) is 0 Å². The third-order valence-corrected chi connectivity index (χ3v) is 4.69. The molecule has 2 fully saturated rings. The monoisotopic (exact) mass is 282 g/mol. The van der Waals surface area contributed by atoms with Gasteiger partial charge in [0.2, 0.25) is 11.8 Å². The molecule has 5 heteroatoms. The van der Waals surface area contributed by atoms with Crippen molar-refractivity contribution in [3.63, 3.8) is 0 Å². The van der Waals surface area contributed by atoms with Crippen LogP contribution >= 0.6 is 0 Å². The molecule has 1 N–H and O–H groups in total. The van der Waals surface area contributed by atoms with Crippen molar-refractivity contribution in [1.82, 2.24) is 10.2 Å². The molecule has 5 nitrogen and oxygen atoms in total. The minimum atomic E-state index is -0.760. The van der Waals surface area contributed by atoms with Gasteiger partial charge in [-0.25, -0.2) is 0 Å². The van der Waals surface area contributed by atoms with Gasteiger partial charge in [0.15, 0.2) is 0 Å². The van der Waals surface area contributed by atoms with Crippen molar-refractivity contribution < 1.29 is 14.3 Å². The van der Waals surface area contributed by atoms with E-state index >= 15 is 0 Å². The second-order valence-electron chi connectivity index (χ2n) is 6.17. The highest BCUT2D eigenvalue weighted by Crippen LogP contribution is 2.29. The van der Waals surface area contributed by atoms with E-state index < -0.39 is 5.54 Å². The highest BCUT2D eigenvalue weighted by atomic mass is 16.5. The molecule has 0 aromatic carbocycles. The van der Waals surface area contributed by atoms with Crippen LogP contribution in [0.5, 0.6) is 0 Å². The van der Waals surface area contributed by atoms with Crippen molar-refractivity contribution in [2.24, 2.45) is 0 Å². The highest BCUT2D eigenvalue weighted by molar-refractivity contribution is 5.99. The van der Waals surface area contributed by atoms with Crippen LogP contribution < -0.4 is 5.32 Å². The zero-order valence-corrected chi connectivity index (χ0v) is 12.9. The van der Waals surface area contributed by atoms with Gasteiger partial charge in [0.05, 0.1) is 6.10 Å². The first-order valence-electron chi connectivity index (χ1n) is 7.69. The molecule has 2 saturated heterocycles. The van der Waals surface area contributed by atoms with E-state index in [1.807, 2.05) is 32.6 Å². The summed E-state index contributed by atoms with van der Waals surface area (Å²) >= 11 is 0. The van der Waals surface area contributed by atoms with Crippen molar-refractivity contribution in [1.29, 1.82) is 0 Å². The Bertz CT molecular complexity index is 399. The molecule has 4 unspecified atom stereocenters. The Balaban J connectivity index is 2.29. The van der Waals surface area contributed by atoms with Crippen LogP contribution in [0.4, 0.5) is 0 Å². The summed E-state index contributed by atoms with van der Waals surface area (Å²) in [5.41, 5.74) is -0.760. The quantitative estimate of drug-likeness (QED) is 0.852. The van der Waals surface area contributed by atoms with Gasteiger partial charge in [-0.3, -0.25) is 9.59 Å². The minimum Gasteiger partial charge on any atom is -0.378 e. The predicted octanol–water partition coefficient (Wildman–Crippen LogP) is 1.46. The van der Waals surface area contributed by atoms with E-state index in [9.17, 15) is 9.59 Å². The van der Waals surface area contributed by atoms with Crippen LogP contribution in [0.3, 0.4) is 0 Å². The molecular weight excluding hydrogens is 256 g/mol. The van der Waals surface area contributed by atoms with Crippen LogP contribution in [0.25, 0.3) is 0 Å². The maximum atomic E-state index is 12.9. The van der Waals surface area contributed by atoms with Gasteiger partial charge in [0.1, 0.15) is 11.6 Å². The van der Waals surface area contributed by atoms with Gasteiger partial charge in [-0.05, 0) is 39.5 Å². The molecule has 2 aliphatic heterocycles. The molecule has 0 aromatic rings. The number of ether oxygens (including phenoxy) is 1. The minimum absolute atomic E-state index is 0.0180. The van der Waals surface area contributed by atoms with Crippen LogP contribution in [-0.2, 0) is 14.3 Å². The van der Waals surface area contributed by atoms with Crippen molar-refractivity contribution >= 4 is 11.8 Å². The van der Waals surface area contributed by atoms with Crippen molar-refractivity contribution in [3.8, 4) is 0 Å². The van der Waals surface area contributed by atoms with Gasteiger partial charge >= 0.3 is 0 Å².